The molecule has 6 rings (SSSR count). The molecule has 9 heteroatoms. The number of aryl methyl sites for hydroxylation is 2. The largest absolute Gasteiger partial charge is 0.316 e. The molecule has 1 aromatic carbocycles. The highest BCUT2D eigenvalue weighted by atomic mass is 32.1. The fourth-order valence-corrected chi connectivity index (χ4v) is 5.92. The third-order valence-electron chi connectivity index (χ3n) is 7.18. The lowest BCUT2D eigenvalue weighted by molar-refractivity contribution is 0.213. The number of aromatic nitrogens is 5. The summed E-state index contributed by atoms with van der Waals surface area (Å²) >= 11 is 1.55. The summed E-state index contributed by atoms with van der Waals surface area (Å²) in [5, 5.41) is 11.5. The second-order valence-electron chi connectivity index (χ2n) is 9.71. The van der Waals surface area contributed by atoms with Gasteiger partial charge in [0, 0.05) is 22.7 Å². The summed E-state index contributed by atoms with van der Waals surface area (Å²) in [4.78, 5) is 11.4. The lowest BCUT2D eigenvalue weighted by Gasteiger charge is -2.30. The Bertz CT molecular complexity index is 1350. The molecular weight excluding hydrogens is 461 g/mol. The molecule has 0 bridgehead atoms. The van der Waals surface area contributed by atoms with Crippen molar-refractivity contribution in [1.29, 1.82) is 0 Å². The molecule has 0 saturated carbocycles. The first-order valence-electron chi connectivity index (χ1n) is 12.4. The third-order valence-corrected chi connectivity index (χ3v) is 7.94. The normalized spacial score (nSPS) is 17.0. The lowest BCUT2D eigenvalue weighted by Crippen LogP contribution is -2.32. The summed E-state index contributed by atoms with van der Waals surface area (Å²) in [6.07, 6.45) is 10.2. The van der Waals surface area contributed by atoms with Crippen molar-refractivity contribution in [3.63, 3.8) is 0 Å². The fourth-order valence-electron chi connectivity index (χ4n) is 5.20. The SMILES string of the molecule is Cc1cn(-c2ccc(-c3csc(Nc4c5c(nn4C4CCN(C)CC4)CCCC5)n3)cc2F)cn1. The van der Waals surface area contributed by atoms with Gasteiger partial charge in [-0.2, -0.15) is 5.10 Å². The first-order chi connectivity index (χ1) is 17.0. The van der Waals surface area contributed by atoms with Gasteiger partial charge in [0.05, 0.1) is 35.1 Å². The summed E-state index contributed by atoms with van der Waals surface area (Å²) in [5.74, 6) is 0.809. The van der Waals surface area contributed by atoms with Gasteiger partial charge in [-0.1, -0.05) is 6.07 Å². The average Bonchev–Trinajstić information content (AvgIpc) is 3.59. The van der Waals surface area contributed by atoms with E-state index in [9.17, 15) is 4.39 Å². The minimum Gasteiger partial charge on any atom is -0.316 e. The third kappa shape index (κ3) is 4.38. The Balaban J connectivity index is 1.27. The molecule has 0 amide bonds. The van der Waals surface area contributed by atoms with Crippen LogP contribution in [-0.2, 0) is 12.8 Å². The topological polar surface area (TPSA) is 63.8 Å². The van der Waals surface area contributed by atoms with Crippen LogP contribution in [0, 0.1) is 12.7 Å². The van der Waals surface area contributed by atoms with Gasteiger partial charge in [-0.25, -0.2) is 19.0 Å². The molecule has 1 aliphatic heterocycles. The van der Waals surface area contributed by atoms with Gasteiger partial charge in [-0.05, 0) is 77.7 Å². The zero-order chi connectivity index (χ0) is 23.9. The van der Waals surface area contributed by atoms with Crippen LogP contribution >= 0.6 is 11.3 Å². The highest BCUT2D eigenvalue weighted by Gasteiger charge is 2.27. The number of halogens is 1. The number of hydrogen-bond donors (Lipinski definition) is 1. The molecule has 1 fully saturated rings. The molecule has 1 aliphatic carbocycles. The quantitative estimate of drug-likeness (QED) is 0.398. The van der Waals surface area contributed by atoms with E-state index in [0.717, 1.165) is 66.7 Å². The molecule has 182 valence electrons. The predicted octanol–water partition coefficient (Wildman–Crippen LogP) is 5.53. The zero-order valence-corrected chi connectivity index (χ0v) is 21.0. The average molecular weight is 492 g/mol. The molecule has 2 aliphatic rings. The van der Waals surface area contributed by atoms with Crippen LogP contribution in [0.15, 0.2) is 36.1 Å². The number of likely N-dealkylation sites (tertiary alicyclic amines) is 1. The van der Waals surface area contributed by atoms with Crippen LogP contribution < -0.4 is 5.32 Å². The Hall–Kier alpha value is -3.04. The summed E-state index contributed by atoms with van der Waals surface area (Å²) in [6.45, 7) is 4.08. The summed E-state index contributed by atoms with van der Waals surface area (Å²) in [6, 6.07) is 5.65. The molecule has 4 heterocycles. The minimum atomic E-state index is -0.295. The Kier molecular flexibility index (Phi) is 5.89. The molecular formula is C26H30FN7S. The fraction of sp³-hybridized carbons (Fsp3) is 0.423. The van der Waals surface area contributed by atoms with Gasteiger partial charge < -0.3 is 14.8 Å². The van der Waals surface area contributed by atoms with Crippen molar-refractivity contribution in [3.8, 4) is 16.9 Å². The first kappa shape index (κ1) is 22.4. The highest BCUT2D eigenvalue weighted by molar-refractivity contribution is 7.14. The minimum absolute atomic E-state index is 0.295. The van der Waals surface area contributed by atoms with Gasteiger partial charge in [0.2, 0.25) is 0 Å². The van der Waals surface area contributed by atoms with Gasteiger partial charge >= 0.3 is 0 Å². The molecule has 4 aromatic rings. The standard InChI is InChI=1S/C26H30FN7S/c1-17-14-33(16-28-17)24-8-7-18(13-21(24)27)23-15-35-26(29-23)30-25-20-5-3-4-6-22(20)31-34(25)19-9-11-32(2)12-10-19/h7-8,13-16,19H,3-6,9-12H2,1-2H3,(H,29,30). The number of hydrogen-bond acceptors (Lipinski definition) is 6. The maximum Gasteiger partial charge on any atom is 0.188 e. The maximum atomic E-state index is 14.9. The Morgan fingerprint density at radius 1 is 1.14 bits per heavy atom. The molecule has 1 N–H and O–H groups in total. The summed E-state index contributed by atoms with van der Waals surface area (Å²) in [5.41, 5.74) is 5.45. The number of anilines is 2. The van der Waals surface area contributed by atoms with E-state index in [4.69, 9.17) is 10.1 Å². The van der Waals surface area contributed by atoms with Gasteiger partial charge in [0.1, 0.15) is 11.6 Å². The number of nitrogens with zero attached hydrogens (tertiary/aromatic N) is 6. The van der Waals surface area contributed by atoms with E-state index in [0.29, 0.717) is 11.7 Å². The van der Waals surface area contributed by atoms with Crippen LogP contribution in [0.3, 0.4) is 0 Å². The van der Waals surface area contributed by atoms with E-state index in [1.807, 2.05) is 24.6 Å². The van der Waals surface area contributed by atoms with E-state index in [1.165, 1.54) is 24.1 Å². The van der Waals surface area contributed by atoms with Gasteiger partial charge in [0.25, 0.3) is 0 Å². The van der Waals surface area contributed by atoms with E-state index in [-0.39, 0.29) is 5.82 Å². The van der Waals surface area contributed by atoms with E-state index in [1.54, 1.807) is 34.4 Å². The van der Waals surface area contributed by atoms with E-state index < -0.39 is 0 Å². The molecule has 35 heavy (non-hydrogen) atoms. The van der Waals surface area contributed by atoms with Crippen LogP contribution in [0.5, 0.6) is 0 Å². The van der Waals surface area contributed by atoms with Gasteiger partial charge in [-0.15, -0.1) is 11.3 Å². The van der Waals surface area contributed by atoms with Crippen molar-refractivity contribution in [1.82, 2.24) is 29.2 Å². The molecule has 0 atom stereocenters. The molecule has 1 saturated heterocycles. The number of rotatable bonds is 5. The Morgan fingerprint density at radius 3 is 2.74 bits per heavy atom. The highest BCUT2D eigenvalue weighted by Crippen LogP contribution is 2.36. The number of piperidine rings is 1. The van der Waals surface area contributed by atoms with Crippen LogP contribution in [-0.4, -0.2) is 49.4 Å². The summed E-state index contributed by atoms with van der Waals surface area (Å²) in [7, 11) is 2.19. The first-order valence-corrected chi connectivity index (χ1v) is 13.3. The van der Waals surface area contributed by atoms with E-state index in [2.05, 4.69) is 26.9 Å². The van der Waals surface area contributed by atoms with Crippen molar-refractivity contribution >= 4 is 22.3 Å². The van der Waals surface area contributed by atoms with Gasteiger partial charge in [-0.3, -0.25) is 0 Å². The number of fused-ring (bicyclic) bond motifs is 1. The smallest absolute Gasteiger partial charge is 0.188 e. The molecule has 0 unspecified atom stereocenters. The van der Waals surface area contributed by atoms with Crippen LogP contribution in [0.2, 0.25) is 0 Å². The lowest BCUT2D eigenvalue weighted by atomic mass is 9.97. The molecule has 3 aromatic heterocycles. The second-order valence-corrected chi connectivity index (χ2v) is 10.6. The molecule has 7 nitrogen and oxygen atoms in total. The Labute approximate surface area is 208 Å². The van der Waals surface area contributed by atoms with Crippen LogP contribution in [0.4, 0.5) is 15.3 Å². The van der Waals surface area contributed by atoms with Crippen molar-refractivity contribution in [3.05, 3.63) is 58.9 Å². The van der Waals surface area contributed by atoms with Crippen molar-refractivity contribution in [2.45, 2.75) is 51.5 Å². The maximum absolute atomic E-state index is 14.9. The van der Waals surface area contributed by atoms with Crippen molar-refractivity contribution < 1.29 is 4.39 Å². The zero-order valence-electron chi connectivity index (χ0n) is 20.2. The van der Waals surface area contributed by atoms with E-state index >= 15 is 0 Å². The number of benzene rings is 1. The van der Waals surface area contributed by atoms with Crippen molar-refractivity contribution in [2.75, 3.05) is 25.5 Å². The number of nitrogens with one attached hydrogen (secondary N) is 1. The molecule has 0 radical (unpaired) electrons. The van der Waals surface area contributed by atoms with Crippen LogP contribution in [0.25, 0.3) is 16.9 Å². The monoisotopic (exact) mass is 491 g/mol. The van der Waals surface area contributed by atoms with Crippen LogP contribution in [0.1, 0.15) is 48.7 Å². The predicted molar refractivity (Wildman–Crippen MR) is 137 cm³/mol. The summed E-state index contributed by atoms with van der Waals surface area (Å²) < 4.78 is 18.9. The van der Waals surface area contributed by atoms with Crippen molar-refractivity contribution in [2.24, 2.45) is 0 Å². The molecule has 0 spiro atoms. The number of thiazole rings is 1. The second kappa shape index (κ2) is 9.20. The number of imidazole rings is 1. The van der Waals surface area contributed by atoms with Gasteiger partial charge in [0.15, 0.2) is 5.13 Å². The Morgan fingerprint density at radius 2 is 1.97 bits per heavy atom.